The van der Waals surface area contributed by atoms with Crippen LogP contribution in [-0.2, 0) is 9.53 Å². The highest BCUT2D eigenvalue weighted by Gasteiger charge is 2.32. The van der Waals surface area contributed by atoms with E-state index in [0.29, 0.717) is 30.5 Å². The van der Waals surface area contributed by atoms with E-state index in [0.717, 1.165) is 36.0 Å². The number of carbonyl (C=O) groups is 1. The van der Waals surface area contributed by atoms with E-state index in [1.807, 2.05) is 35.8 Å². The van der Waals surface area contributed by atoms with Crippen LogP contribution in [0.15, 0.2) is 53.7 Å². The second-order valence-electron chi connectivity index (χ2n) is 8.18. The number of hydrogen-bond acceptors (Lipinski definition) is 7. The van der Waals surface area contributed by atoms with Crippen LogP contribution in [0.1, 0.15) is 16.5 Å². The third-order valence-electron chi connectivity index (χ3n) is 5.88. The monoisotopic (exact) mass is 499 g/mol. The molecule has 2 fully saturated rings. The summed E-state index contributed by atoms with van der Waals surface area (Å²) >= 11 is 2.96. The standard InChI is InChI=1S/C24H26FN5O2S2/c1-17-5-4-6-18(15-17)30-23(28-9-12-32-13-10-28)26-27-24(30)34-16-21(31)29-11-14-33-22(29)19-7-2-3-8-20(19)25/h2-8,15,22H,9-14,16H2,1H3. The third-order valence-corrected chi connectivity index (χ3v) is 8.03. The number of aryl methyl sites for hydroxylation is 1. The molecule has 0 radical (unpaired) electrons. The Labute approximate surface area is 206 Å². The van der Waals surface area contributed by atoms with Crippen LogP contribution >= 0.6 is 23.5 Å². The number of benzene rings is 2. The SMILES string of the molecule is Cc1cccc(-n2c(SCC(=O)N3CCSC3c3ccccc3F)nnc2N2CCOCC2)c1. The number of ether oxygens (including phenoxy) is 1. The Bertz CT molecular complexity index is 1170. The van der Waals surface area contributed by atoms with Gasteiger partial charge >= 0.3 is 0 Å². The summed E-state index contributed by atoms with van der Waals surface area (Å²) in [6.45, 7) is 5.42. The molecule has 2 aromatic carbocycles. The normalized spacial score (nSPS) is 18.5. The number of thioether (sulfide) groups is 2. The first-order chi connectivity index (χ1) is 16.6. The molecule has 0 spiro atoms. The van der Waals surface area contributed by atoms with Crippen LogP contribution in [0.5, 0.6) is 0 Å². The van der Waals surface area contributed by atoms with E-state index in [9.17, 15) is 9.18 Å². The van der Waals surface area contributed by atoms with Gasteiger partial charge in [0.05, 0.1) is 24.7 Å². The first-order valence-electron chi connectivity index (χ1n) is 11.3. The molecule has 2 aliphatic rings. The summed E-state index contributed by atoms with van der Waals surface area (Å²) < 4.78 is 21.9. The van der Waals surface area contributed by atoms with E-state index < -0.39 is 0 Å². The van der Waals surface area contributed by atoms with Crippen molar-refractivity contribution in [3.8, 4) is 5.69 Å². The number of carbonyl (C=O) groups excluding carboxylic acids is 1. The quantitative estimate of drug-likeness (QED) is 0.477. The number of anilines is 1. The van der Waals surface area contributed by atoms with Gasteiger partial charge in [0.25, 0.3) is 0 Å². The first-order valence-corrected chi connectivity index (χ1v) is 13.3. The lowest BCUT2D eigenvalue weighted by Gasteiger charge is -2.28. The van der Waals surface area contributed by atoms with Crippen LogP contribution in [0.2, 0.25) is 0 Å². The number of rotatable bonds is 6. The smallest absolute Gasteiger partial charge is 0.234 e. The Morgan fingerprint density at radius 2 is 1.97 bits per heavy atom. The molecule has 2 aliphatic heterocycles. The zero-order valence-electron chi connectivity index (χ0n) is 18.9. The fourth-order valence-corrected chi connectivity index (χ4v) is 6.32. The average molecular weight is 500 g/mol. The van der Waals surface area contributed by atoms with Gasteiger partial charge in [0.1, 0.15) is 11.2 Å². The van der Waals surface area contributed by atoms with E-state index in [1.54, 1.807) is 28.8 Å². The van der Waals surface area contributed by atoms with Gasteiger partial charge in [-0.3, -0.25) is 9.36 Å². The molecule has 178 valence electrons. The van der Waals surface area contributed by atoms with Crippen molar-refractivity contribution >= 4 is 35.4 Å². The molecule has 10 heteroatoms. The molecule has 3 aromatic rings. The minimum atomic E-state index is -0.298. The maximum Gasteiger partial charge on any atom is 0.234 e. The predicted octanol–water partition coefficient (Wildman–Crippen LogP) is 3.92. The lowest BCUT2D eigenvalue weighted by atomic mass is 10.2. The third kappa shape index (κ3) is 4.80. The van der Waals surface area contributed by atoms with Gasteiger partial charge in [-0.2, -0.15) is 0 Å². The van der Waals surface area contributed by atoms with Gasteiger partial charge in [-0.25, -0.2) is 4.39 Å². The number of aromatic nitrogens is 3. The predicted molar refractivity (Wildman–Crippen MR) is 133 cm³/mol. The maximum atomic E-state index is 14.4. The molecule has 34 heavy (non-hydrogen) atoms. The minimum absolute atomic E-state index is 0.0324. The molecule has 1 amide bonds. The van der Waals surface area contributed by atoms with Crippen LogP contribution < -0.4 is 4.90 Å². The van der Waals surface area contributed by atoms with Crippen molar-refractivity contribution in [3.63, 3.8) is 0 Å². The van der Waals surface area contributed by atoms with Gasteiger partial charge < -0.3 is 14.5 Å². The zero-order chi connectivity index (χ0) is 23.5. The molecule has 7 nitrogen and oxygen atoms in total. The lowest BCUT2D eigenvalue weighted by Crippen LogP contribution is -2.38. The van der Waals surface area contributed by atoms with Crippen LogP contribution in [0.4, 0.5) is 10.3 Å². The molecule has 5 rings (SSSR count). The first kappa shape index (κ1) is 23.2. The Kier molecular flexibility index (Phi) is 7.07. The number of hydrogen-bond donors (Lipinski definition) is 0. The van der Waals surface area contributed by atoms with Crippen LogP contribution in [-0.4, -0.2) is 69.9 Å². The molecule has 1 atom stereocenters. The molecule has 1 aromatic heterocycles. The topological polar surface area (TPSA) is 63.5 Å². The van der Waals surface area contributed by atoms with Gasteiger partial charge in [0.2, 0.25) is 11.9 Å². The van der Waals surface area contributed by atoms with Gasteiger partial charge in [0, 0.05) is 31.0 Å². The van der Waals surface area contributed by atoms with E-state index >= 15 is 0 Å². The molecule has 2 saturated heterocycles. The number of amides is 1. The summed E-state index contributed by atoms with van der Waals surface area (Å²) in [5.74, 6) is 1.44. The molecule has 0 aliphatic carbocycles. The van der Waals surface area contributed by atoms with Crippen molar-refractivity contribution in [1.82, 2.24) is 19.7 Å². The molecule has 1 unspecified atom stereocenters. The number of halogens is 1. The van der Waals surface area contributed by atoms with E-state index in [1.165, 1.54) is 17.8 Å². The highest BCUT2D eigenvalue weighted by molar-refractivity contribution is 8.00. The Balaban J connectivity index is 1.37. The van der Waals surface area contributed by atoms with Crippen molar-refractivity contribution in [3.05, 3.63) is 65.5 Å². The fraction of sp³-hybridized carbons (Fsp3) is 0.375. The van der Waals surface area contributed by atoms with Crippen molar-refractivity contribution in [2.75, 3.05) is 49.3 Å². The van der Waals surface area contributed by atoms with Gasteiger partial charge in [-0.15, -0.1) is 22.0 Å². The van der Waals surface area contributed by atoms with Gasteiger partial charge in [-0.05, 0) is 30.7 Å². The van der Waals surface area contributed by atoms with E-state index in [2.05, 4.69) is 21.2 Å². The van der Waals surface area contributed by atoms with Gasteiger partial charge in [0.15, 0.2) is 5.16 Å². The van der Waals surface area contributed by atoms with Crippen molar-refractivity contribution in [2.45, 2.75) is 17.5 Å². The van der Waals surface area contributed by atoms with Crippen molar-refractivity contribution in [1.29, 1.82) is 0 Å². The molecular formula is C24H26FN5O2S2. The summed E-state index contributed by atoms with van der Waals surface area (Å²) in [4.78, 5) is 17.1. The summed E-state index contributed by atoms with van der Waals surface area (Å²) in [6, 6.07) is 14.9. The molecule has 0 bridgehead atoms. The van der Waals surface area contributed by atoms with Crippen molar-refractivity contribution < 1.29 is 13.9 Å². The summed E-state index contributed by atoms with van der Waals surface area (Å²) in [5.41, 5.74) is 2.65. The second kappa shape index (κ2) is 10.4. The van der Waals surface area contributed by atoms with Crippen LogP contribution in [0, 0.1) is 12.7 Å². The van der Waals surface area contributed by atoms with Crippen LogP contribution in [0.3, 0.4) is 0 Å². The second-order valence-corrected chi connectivity index (χ2v) is 10.3. The number of nitrogens with zero attached hydrogens (tertiary/aromatic N) is 5. The summed E-state index contributed by atoms with van der Waals surface area (Å²) in [7, 11) is 0. The maximum absolute atomic E-state index is 14.4. The highest BCUT2D eigenvalue weighted by Crippen LogP contribution is 2.39. The molecule has 0 N–H and O–H groups in total. The Morgan fingerprint density at radius 3 is 2.76 bits per heavy atom. The summed E-state index contributed by atoms with van der Waals surface area (Å²) in [5, 5.41) is 9.29. The van der Waals surface area contributed by atoms with Crippen molar-refractivity contribution in [2.24, 2.45) is 0 Å². The molecular weight excluding hydrogens is 473 g/mol. The zero-order valence-corrected chi connectivity index (χ0v) is 20.5. The highest BCUT2D eigenvalue weighted by atomic mass is 32.2. The molecule has 3 heterocycles. The van der Waals surface area contributed by atoms with E-state index in [4.69, 9.17) is 4.74 Å². The Hall–Kier alpha value is -2.56. The fourth-order valence-electron chi connectivity index (χ4n) is 4.18. The average Bonchev–Trinajstić information content (AvgIpc) is 3.51. The van der Waals surface area contributed by atoms with Gasteiger partial charge in [-0.1, -0.05) is 42.1 Å². The Morgan fingerprint density at radius 1 is 1.15 bits per heavy atom. The van der Waals surface area contributed by atoms with Crippen LogP contribution in [0.25, 0.3) is 5.69 Å². The number of morpholine rings is 1. The van der Waals surface area contributed by atoms with E-state index in [-0.39, 0.29) is 22.9 Å². The minimum Gasteiger partial charge on any atom is -0.378 e. The lowest BCUT2D eigenvalue weighted by molar-refractivity contribution is -0.128. The summed E-state index contributed by atoms with van der Waals surface area (Å²) in [6.07, 6.45) is 0. The molecule has 0 saturated carbocycles. The largest absolute Gasteiger partial charge is 0.378 e.